The van der Waals surface area contributed by atoms with Gasteiger partial charge in [0.05, 0.1) is 5.41 Å². The Labute approximate surface area is 335 Å². The third-order valence-electron chi connectivity index (χ3n) is 12.8. The van der Waals surface area contributed by atoms with Crippen molar-refractivity contribution in [2.45, 2.75) is 17.8 Å². The minimum Gasteiger partial charge on any atom is -0.208 e. The molecule has 0 bridgehead atoms. The summed E-state index contributed by atoms with van der Waals surface area (Å²) in [6, 6.07) is 59.3. The van der Waals surface area contributed by atoms with Gasteiger partial charge in [0.15, 0.2) is 17.5 Å². The predicted molar refractivity (Wildman–Crippen MR) is 235 cm³/mol. The molecule has 9 aromatic rings. The van der Waals surface area contributed by atoms with Gasteiger partial charge in [-0.05, 0) is 56.6 Å². The van der Waals surface area contributed by atoms with Gasteiger partial charge < -0.3 is 0 Å². The number of hydrogen-bond donors (Lipinski definition) is 0. The molecule has 2 unspecified atom stereocenters. The second-order valence-corrected chi connectivity index (χ2v) is 16.7. The summed E-state index contributed by atoms with van der Waals surface area (Å²) in [6.45, 7) is 2.43. The van der Waals surface area contributed by atoms with Gasteiger partial charge in [0.1, 0.15) is 0 Å². The van der Waals surface area contributed by atoms with E-state index < -0.39 is 0 Å². The molecule has 0 amide bonds. The molecule has 2 aromatic heterocycles. The Hall–Kier alpha value is -6.75. The first kappa shape index (κ1) is 32.5. The van der Waals surface area contributed by atoms with E-state index >= 15 is 0 Å². The zero-order chi connectivity index (χ0) is 37.7. The molecule has 7 aromatic carbocycles. The van der Waals surface area contributed by atoms with Crippen molar-refractivity contribution in [1.82, 2.24) is 15.0 Å². The van der Waals surface area contributed by atoms with Crippen molar-refractivity contribution in [1.29, 1.82) is 0 Å². The van der Waals surface area contributed by atoms with E-state index in [2.05, 4.69) is 177 Å². The number of aromatic nitrogens is 3. The smallest absolute Gasteiger partial charge is 0.165 e. The lowest BCUT2D eigenvalue weighted by molar-refractivity contribution is 0.372. The second kappa shape index (κ2) is 12.1. The SMILES string of the molecule is CC12C=CC=CC1C1(c3ccccc3-c3ccccc31)c1c(-c3ccc(-c4nc(-c5ccccc5)nc(-c5cccc6c5sc5ccccc56)n4)cc3)cccc12. The Morgan fingerprint density at radius 2 is 1.02 bits per heavy atom. The van der Waals surface area contributed by atoms with Crippen LogP contribution in [-0.4, -0.2) is 15.0 Å². The largest absolute Gasteiger partial charge is 0.208 e. The van der Waals surface area contributed by atoms with E-state index in [1.807, 2.05) is 18.2 Å². The van der Waals surface area contributed by atoms with Gasteiger partial charge in [0, 0.05) is 48.2 Å². The first-order chi connectivity index (χ1) is 28.1. The van der Waals surface area contributed by atoms with Gasteiger partial charge in [-0.2, -0.15) is 0 Å². The Bertz CT molecular complexity index is 3110. The number of hydrogen-bond acceptors (Lipinski definition) is 4. The van der Waals surface area contributed by atoms with Crippen LogP contribution in [-0.2, 0) is 10.8 Å². The van der Waals surface area contributed by atoms with Crippen LogP contribution in [0, 0.1) is 5.92 Å². The Morgan fingerprint density at radius 3 is 1.79 bits per heavy atom. The highest BCUT2D eigenvalue weighted by Crippen LogP contribution is 2.68. The summed E-state index contributed by atoms with van der Waals surface area (Å²) in [5.74, 6) is 2.22. The highest BCUT2D eigenvalue weighted by atomic mass is 32.1. The lowest BCUT2D eigenvalue weighted by Crippen LogP contribution is -2.39. The van der Waals surface area contributed by atoms with Crippen molar-refractivity contribution in [2.24, 2.45) is 5.92 Å². The molecule has 12 rings (SSSR count). The number of nitrogens with zero attached hydrogens (tertiary/aromatic N) is 3. The molecule has 0 N–H and O–H groups in total. The van der Waals surface area contributed by atoms with Gasteiger partial charge in [0.25, 0.3) is 0 Å². The molecule has 268 valence electrons. The molecule has 3 nitrogen and oxygen atoms in total. The minimum atomic E-state index is -0.338. The van der Waals surface area contributed by atoms with Crippen molar-refractivity contribution in [3.05, 3.63) is 210 Å². The lowest BCUT2D eigenvalue weighted by Gasteiger charge is -2.40. The highest BCUT2D eigenvalue weighted by molar-refractivity contribution is 7.26. The molecular formula is C53H35N3S. The maximum Gasteiger partial charge on any atom is 0.165 e. The van der Waals surface area contributed by atoms with Crippen LogP contribution in [0.25, 0.3) is 76.6 Å². The maximum absolute atomic E-state index is 5.22. The molecule has 57 heavy (non-hydrogen) atoms. The van der Waals surface area contributed by atoms with E-state index in [-0.39, 0.29) is 16.7 Å². The Morgan fingerprint density at radius 1 is 0.456 bits per heavy atom. The quantitative estimate of drug-likeness (QED) is 0.180. The van der Waals surface area contributed by atoms with Crippen LogP contribution in [0.15, 0.2) is 188 Å². The monoisotopic (exact) mass is 745 g/mol. The highest BCUT2D eigenvalue weighted by Gasteiger charge is 2.62. The summed E-state index contributed by atoms with van der Waals surface area (Å²) in [7, 11) is 0. The topological polar surface area (TPSA) is 38.7 Å². The summed E-state index contributed by atoms with van der Waals surface area (Å²) >= 11 is 1.79. The number of fused-ring (bicyclic) bond motifs is 13. The van der Waals surface area contributed by atoms with Crippen LogP contribution in [0.2, 0.25) is 0 Å². The van der Waals surface area contributed by atoms with Crippen molar-refractivity contribution < 1.29 is 0 Å². The third-order valence-corrected chi connectivity index (χ3v) is 14.0. The summed E-state index contributed by atoms with van der Waals surface area (Å²) in [4.78, 5) is 15.4. The van der Waals surface area contributed by atoms with Crippen LogP contribution in [0.3, 0.4) is 0 Å². The summed E-state index contributed by atoms with van der Waals surface area (Å²) in [5.41, 5.74) is 13.1. The summed E-state index contributed by atoms with van der Waals surface area (Å²) in [6.07, 6.45) is 9.39. The molecule has 3 aliphatic rings. The van der Waals surface area contributed by atoms with Crippen LogP contribution < -0.4 is 0 Å². The molecule has 3 aliphatic carbocycles. The Kier molecular flexibility index (Phi) is 6.91. The van der Waals surface area contributed by atoms with E-state index in [9.17, 15) is 0 Å². The van der Waals surface area contributed by atoms with Crippen LogP contribution in [0.4, 0.5) is 0 Å². The molecule has 2 atom stereocenters. The van der Waals surface area contributed by atoms with Crippen molar-refractivity contribution in [3.8, 4) is 56.4 Å². The van der Waals surface area contributed by atoms with Crippen molar-refractivity contribution in [3.63, 3.8) is 0 Å². The minimum absolute atomic E-state index is 0.170. The summed E-state index contributed by atoms with van der Waals surface area (Å²) < 4.78 is 2.44. The second-order valence-electron chi connectivity index (χ2n) is 15.7. The Balaban J connectivity index is 1.04. The first-order valence-corrected chi connectivity index (χ1v) is 20.5. The fraction of sp³-hybridized carbons (Fsp3) is 0.0755. The zero-order valence-electron chi connectivity index (χ0n) is 31.2. The maximum atomic E-state index is 5.22. The molecular weight excluding hydrogens is 711 g/mol. The number of benzene rings is 7. The van der Waals surface area contributed by atoms with Gasteiger partial charge >= 0.3 is 0 Å². The van der Waals surface area contributed by atoms with Gasteiger partial charge in [-0.3, -0.25) is 0 Å². The van der Waals surface area contributed by atoms with Gasteiger partial charge in [-0.25, -0.2) is 15.0 Å². The fourth-order valence-electron chi connectivity index (χ4n) is 10.3. The molecule has 0 radical (unpaired) electrons. The van der Waals surface area contributed by atoms with E-state index in [1.165, 1.54) is 64.7 Å². The van der Waals surface area contributed by atoms with Crippen molar-refractivity contribution >= 4 is 31.5 Å². The fourth-order valence-corrected chi connectivity index (χ4v) is 11.6. The standard InChI is InChI=1S/C53H35N3S/c1-52-32-12-11-27-46(52)53(42-23-8-5-17-37(42)38-18-6-9-24-43(38)53)47-36(20-14-25-44(47)52)33-28-30-35(31-29-33)50-54-49(34-15-3-2-4-16-34)55-51(56-50)41-22-13-21-40-39-19-7-10-26-45(39)57-48(40)41/h2-32,46H,1H3. The predicted octanol–water partition coefficient (Wildman–Crippen LogP) is 13.2. The van der Waals surface area contributed by atoms with Crippen molar-refractivity contribution in [2.75, 3.05) is 0 Å². The molecule has 2 heterocycles. The lowest BCUT2D eigenvalue weighted by atomic mass is 9.61. The number of thiophene rings is 1. The number of rotatable bonds is 4. The first-order valence-electron chi connectivity index (χ1n) is 19.7. The zero-order valence-corrected chi connectivity index (χ0v) is 32.0. The molecule has 0 aliphatic heterocycles. The molecule has 1 spiro atoms. The average Bonchev–Trinajstić information content (AvgIpc) is 3.89. The van der Waals surface area contributed by atoms with E-state index in [0.717, 1.165) is 16.7 Å². The van der Waals surface area contributed by atoms with E-state index in [4.69, 9.17) is 15.0 Å². The average molecular weight is 746 g/mol. The third kappa shape index (κ3) is 4.50. The van der Waals surface area contributed by atoms with Gasteiger partial charge in [-0.15, -0.1) is 11.3 Å². The van der Waals surface area contributed by atoms with Crippen LogP contribution in [0.1, 0.15) is 29.2 Å². The molecule has 0 saturated heterocycles. The van der Waals surface area contributed by atoms with E-state index in [1.54, 1.807) is 11.3 Å². The molecule has 4 heteroatoms. The number of allylic oxidation sites excluding steroid dienone is 4. The molecule has 0 fully saturated rings. The van der Waals surface area contributed by atoms with Crippen LogP contribution in [0.5, 0.6) is 0 Å². The van der Waals surface area contributed by atoms with Crippen LogP contribution >= 0.6 is 11.3 Å². The normalized spacial score (nSPS) is 18.2. The van der Waals surface area contributed by atoms with E-state index in [0.29, 0.717) is 17.5 Å². The summed E-state index contributed by atoms with van der Waals surface area (Å²) in [5, 5.41) is 2.48. The van der Waals surface area contributed by atoms with Gasteiger partial charge in [-0.1, -0.05) is 183 Å². The van der Waals surface area contributed by atoms with Gasteiger partial charge in [0.2, 0.25) is 0 Å². The molecule has 0 saturated carbocycles.